The number of aliphatic hydroxyl groups excluding tert-OH is 2. The lowest BCUT2D eigenvalue weighted by atomic mass is 10.0. The number of nitrogens with zero attached hydrogens (tertiary/aromatic N) is 5. The Morgan fingerprint density at radius 1 is 1.18 bits per heavy atom. The third kappa shape index (κ3) is 6.88. The lowest BCUT2D eigenvalue weighted by molar-refractivity contribution is -0.134. The van der Waals surface area contributed by atoms with Crippen LogP contribution in [0.15, 0.2) is 5.16 Å². The summed E-state index contributed by atoms with van der Waals surface area (Å²) in [6.07, 6.45) is 0.0611. The Bertz CT molecular complexity index is 1130. The van der Waals surface area contributed by atoms with Gasteiger partial charge in [0.05, 0.1) is 18.1 Å². The fourth-order valence-electron chi connectivity index (χ4n) is 4.32. The molecule has 2 aromatic heterocycles. The largest absolute Gasteiger partial charge is 0.390 e. The van der Waals surface area contributed by atoms with E-state index in [1.807, 2.05) is 0 Å². The van der Waals surface area contributed by atoms with Crippen LogP contribution in [0.5, 0.6) is 0 Å². The number of thioether (sulfide) groups is 1. The summed E-state index contributed by atoms with van der Waals surface area (Å²) in [4.78, 5) is 45.7. The van der Waals surface area contributed by atoms with Gasteiger partial charge in [-0.05, 0) is 25.7 Å². The monoisotopic (exact) mass is 551 g/mol. The number of aromatic nitrogens is 5. The molecule has 210 valence electrons. The van der Waals surface area contributed by atoms with Crippen molar-refractivity contribution in [3.63, 3.8) is 0 Å². The summed E-state index contributed by atoms with van der Waals surface area (Å²) in [6, 6.07) is -1.81. The number of amides is 3. The molecule has 0 radical (unpaired) electrons. The van der Waals surface area contributed by atoms with Gasteiger partial charge in [-0.15, -0.1) is 5.10 Å². The molecule has 5 atom stereocenters. The maximum absolute atomic E-state index is 13.1. The highest BCUT2D eigenvalue weighted by molar-refractivity contribution is 7.99. The van der Waals surface area contributed by atoms with Gasteiger partial charge in [-0.1, -0.05) is 37.2 Å². The second kappa shape index (κ2) is 13.7. The molecule has 4 unspecified atom stereocenters. The van der Waals surface area contributed by atoms with E-state index in [1.165, 1.54) is 23.5 Å². The summed E-state index contributed by atoms with van der Waals surface area (Å²) in [7, 11) is 1.41. The molecule has 3 rings (SSSR count). The summed E-state index contributed by atoms with van der Waals surface area (Å²) >= 11 is 1.49. The van der Waals surface area contributed by atoms with Crippen molar-refractivity contribution in [1.29, 1.82) is 0 Å². The van der Waals surface area contributed by atoms with E-state index in [4.69, 9.17) is 5.73 Å². The minimum atomic E-state index is -1.42. The van der Waals surface area contributed by atoms with Gasteiger partial charge >= 0.3 is 0 Å². The van der Waals surface area contributed by atoms with Gasteiger partial charge in [0, 0.05) is 25.8 Å². The Hall–Kier alpha value is -3.04. The molecule has 14 nitrogen and oxygen atoms in total. The molecule has 1 fully saturated rings. The van der Waals surface area contributed by atoms with E-state index in [-0.39, 0.29) is 19.3 Å². The highest BCUT2D eigenvalue weighted by Gasteiger charge is 2.47. The number of hydrogen-bond donors (Lipinski definition) is 6. The topological polar surface area (TPSA) is 210 Å². The van der Waals surface area contributed by atoms with E-state index in [0.29, 0.717) is 28.7 Å². The van der Waals surface area contributed by atoms with Crippen LogP contribution in [-0.4, -0.2) is 90.5 Å². The van der Waals surface area contributed by atoms with Crippen LogP contribution in [0.4, 0.5) is 5.82 Å². The molecule has 0 saturated heterocycles. The van der Waals surface area contributed by atoms with E-state index in [0.717, 1.165) is 25.0 Å². The molecular formula is C23H37N9O5S. The van der Waals surface area contributed by atoms with Crippen molar-refractivity contribution in [2.45, 2.75) is 81.8 Å². The summed E-state index contributed by atoms with van der Waals surface area (Å²) in [5, 5.41) is 39.0. The molecule has 38 heavy (non-hydrogen) atoms. The molecular weight excluding hydrogens is 514 g/mol. The number of unbranched alkanes of at least 4 members (excludes halogenated alkanes) is 1. The number of rotatable bonds is 14. The Morgan fingerprint density at radius 3 is 2.61 bits per heavy atom. The lowest BCUT2D eigenvalue weighted by Crippen LogP contribution is -2.49. The van der Waals surface area contributed by atoms with E-state index in [9.17, 15) is 24.6 Å². The second-order valence-corrected chi connectivity index (χ2v) is 10.3. The summed E-state index contributed by atoms with van der Waals surface area (Å²) in [6.45, 7) is 4.84. The van der Waals surface area contributed by atoms with E-state index < -0.39 is 47.9 Å². The molecule has 0 aromatic carbocycles. The fraction of sp³-hybridized carbons (Fsp3) is 0.696. The summed E-state index contributed by atoms with van der Waals surface area (Å²) < 4.78 is 1.43. The second-order valence-electron chi connectivity index (χ2n) is 9.26. The maximum atomic E-state index is 13.1. The van der Waals surface area contributed by atoms with Gasteiger partial charge in [0.15, 0.2) is 22.1 Å². The van der Waals surface area contributed by atoms with E-state index in [2.05, 4.69) is 50.1 Å². The number of anilines is 1. The molecule has 0 aliphatic heterocycles. The zero-order chi connectivity index (χ0) is 27.8. The highest BCUT2D eigenvalue weighted by atomic mass is 32.2. The molecule has 2 heterocycles. The predicted octanol–water partition coefficient (Wildman–Crippen LogP) is -0.285. The van der Waals surface area contributed by atoms with Crippen LogP contribution < -0.4 is 21.7 Å². The zero-order valence-corrected chi connectivity index (χ0v) is 22.7. The molecule has 7 N–H and O–H groups in total. The first-order chi connectivity index (χ1) is 18.2. The van der Waals surface area contributed by atoms with Gasteiger partial charge in [-0.25, -0.2) is 14.6 Å². The van der Waals surface area contributed by atoms with Gasteiger partial charge in [0.2, 0.25) is 17.7 Å². The number of fused-ring (bicyclic) bond motifs is 1. The average molecular weight is 552 g/mol. The fourth-order valence-corrected chi connectivity index (χ4v) is 5.01. The van der Waals surface area contributed by atoms with Crippen LogP contribution in [-0.2, 0) is 14.4 Å². The number of carbonyl (C=O) groups excluding carboxylic acids is 3. The molecule has 1 saturated carbocycles. The molecule has 0 bridgehead atoms. The average Bonchev–Trinajstić information content (AvgIpc) is 3.45. The normalized spacial score (nSPS) is 21.8. The summed E-state index contributed by atoms with van der Waals surface area (Å²) in [5.74, 6) is -1.41. The van der Waals surface area contributed by atoms with Crippen molar-refractivity contribution in [2.75, 3.05) is 24.7 Å². The van der Waals surface area contributed by atoms with Crippen molar-refractivity contribution in [2.24, 2.45) is 11.7 Å². The first-order valence-corrected chi connectivity index (χ1v) is 13.9. The number of primary amides is 1. The first kappa shape index (κ1) is 29.5. The van der Waals surface area contributed by atoms with E-state index in [1.54, 1.807) is 0 Å². The third-order valence-corrected chi connectivity index (χ3v) is 7.48. The SMILES string of the molecule is CCCCNc1nc(SCCC)nc2c1nnn2C1C[C@H](C(=O)NC(CCC(N)=O)C(=O)NC)C(O)C1O. The molecule has 1 aliphatic rings. The van der Waals surface area contributed by atoms with Gasteiger partial charge in [-0.3, -0.25) is 14.4 Å². The Morgan fingerprint density at radius 2 is 1.95 bits per heavy atom. The van der Waals surface area contributed by atoms with Crippen molar-refractivity contribution in [1.82, 2.24) is 35.6 Å². The lowest BCUT2D eigenvalue weighted by Gasteiger charge is -2.21. The van der Waals surface area contributed by atoms with E-state index >= 15 is 0 Å². The summed E-state index contributed by atoms with van der Waals surface area (Å²) in [5.41, 5.74) is 6.01. The number of likely N-dealkylation sites (N-methyl/N-ethyl adjacent to an activating group) is 1. The molecule has 3 amide bonds. The van der Waals surface area contributed by atoms with Crippen molar-refractivity contribution in [3.05, 3.63) is 0 Å². The zero-order valence-electron chi connectivity index (χ0n) is 21.9. The van der Waals surface area contributed by atoms with Crippen molar-refractivity contribution >= 4 is 46.5 Å². The van der Waals surface area contributed by atoms with Gasteiger partial charge in [0.25, 0.3) is 0 Å². The van der Waals surface area contributed by atoms with Crippen LogP contribution in [0.25, 0.3) is 11.2 Å². The number of aliphatic hydroxyl groups is 2. The maximum Gasteiger partial charge on any atom is 0.242 e. The van der Waals surface area contributed by atoms with Gasteiger partial charge in [0.1, 0.15) is 12.1 Å². The van der Waals surface area contributed by atoms with Crippen LogP contribution in [0, 0.1) is 5.92 Å². The first-order valence-electron chi connectivity index (χ1n) is 12.9. The quantitative estimate of drug-likeness (QED) is 0.102. The van der Waals surface area contributed by atoms with Crippen LogP contribution in [0.2, 0.25) is 0 Å². The Balaban J connectivity index is 1.86. The van der Waals surface area contributed by atoms with Crippen molar-refractivity contribution in [3.8, 4) is 0 Å². The number of nitrogens with one attached hydrogen (secondary N) is 3. The van der Waals surface area contributed by atoms with Crippen LogP contribution >= 0.6 is 11.8 Å². The van der Waals surface area contributed by atoms with Crippen molar-refractivity contribution < 1.29 is 24.6 Å². The third-order valence-electron chi connectivity index (χ3n) is 6.42. The van der Waals surface area contributed by atoms with Crippen LogP contribution in [0.1, 0.15) is 58.4 Å². The van der Waals surface area contributed by atoms with Gasteiger partial charge in [-0.2, -0.15) is 0 Å². The molecule has 2 aromatic rings. The molecule has 0 spiro atoms. The minimum Gasteiger partial charge on any atom is -0.390 e. The number of nitrogens with two attached hydrogens (primary N) is 1. The van der Waals surface area contributed by atoms with Crippen LogP contribution in [0.3, 0.4) is 0 Å². The molecule has 1 aliphatic carbocycles. The number of carbonyl (C=O) groups is 3. The minimum absolute atomic E-state index is 0.00614. The smallest absolute Gasteiger partial charge is 0.242 e. The van der Waals surface area contributed by atoms with Gasteiger partial charge < -0.3 is 31.9 Å². The highest BCUT2D eigenvalue weighted by Crippen LogP contribution is 2.37. The molecule has 15 heteroatoms. The predicted molar refractivity (Wildman–Crippen MR) is 141 cm³/mol. The Labute approximate surface area is 224 Å². The number of hydrogen-bond acceptors (Lipinski definition) is 11. The Kier molecular flexibility index (Phi) is 10.6. The standard InChI is InChI=1S/C23H37N9O5S/c1-4-6-9-26-19-16-20(29-23(28-19)38-10-5-2)32(31-30-16)14-11-12(17(34)18(14)35)21(36)27-13(22(37)25-3)7-8-15(24)33/h12-14,17-18,34-35H,4-11H2,1-3H3,(H2,24,33)(H,25,37)(H,27,36)(H,26,28,29)/t12-,13?,14?,17?,18?/m0/s1.